The van der Waals surface area contributed by atoms with E-state index in [1.165, 1.54) is 0 Å². The Morgan fingerprint density at radius 2 is 2.40 bits per heavy atom. The number of aromatic nitrogens is 2. The molecule has 2 amide bonds. The average Bonchev–Trinajstić information content (AvgIpc) is 2.97. The Kier molecular flexibility index (Phi) is 4.26. The molecule has 20 heavy (non-hydrogen) atoms. The third-order valence-corrected chi connectivity index (χ3v) is 3.99. The summed E-state index contributed by atoms with van der Waals surface area (Å²) < 4.78 is 0. The summed E-state index contributed by atoms with van der Waals surface area (Å²) in [4.78, 5) is 25.2. The monoisotopic (exact) mass is 280 g/mol. The van der Waals surface area contributed by atoms with E-state index in [4.69, 9.17) is 0 Å². The van der Waals surface area contributed by atoms with E-state index in [2.05, 4.69) is 15.5 Å². The van der Waals surface area contributed by atoms with Gasteiger partial charge in [-0.1, -0.05) is 6.92 Å². The number of carboxylic acids is 1. The number of likely N-dealkylation sites (tertiary alicyclic amines) is 1. The van der Waals surface area contributed by atoms with Gasteiger partial charge in [0.1, 0.15) is 0 Å². The predicted molar refractivity (Wildman–Crippen MR) is 72.0 cm³/mol. The largest absolute Gasteiger partial charge is 0.481 e. The maximum atomic E-state index is 12.1. The lowest BCUT2D eigenvalue weighted by atomic mass is 9.78. The number of nitrogens with one attached hydrogen (secondary N) is 2. The molecule has 1 atom stereocenters. The van der Waals surface area contributed by atoms with Crippen LogP contribution in [0.15, 0.2) is 12.4 Å². The van der Waals surface area contributed by atoms with Crippen LogP contribution in [0.2, 0.25) is 0 Å². The number of aliphatic carboxylic acids is 1. The van der Waals surface area contributed by atoms with E-state index < -0.39 is 11.4 Å². The van der Waals surface area contributed by atoms with Crippen molar-refractivity contribution in [3.05, 3.63) is 18.0 Å². The molecule has 0 bridgehead atoms. The lowest BCUT2D eigenvalue weighted by Crippen LogP contribution is -2.52. The van der Waals surface area contributed by atoms with Gasteiger partial charge in [0, 0.05) is 31.4 Å². The molecular formula is C13H20N4O3. The molecule has 1 fully saturated rings. The molecule has 7 nitrogen and oxygen atoms in total. The summed E-state index contributed by atoms with van der Waals surface area (Å²) in [6.07, 6.45) is 5.24. The summed E-state index contributed by atoms with van der Waals surface area (Å²) >= 11 is 0. The summed E-state index contributed by atoms with van der Waals surface area (Å²) in [5.41, 5.74) is 0.0842. The first-order valence-electron chi connectivity index (χ1n) is 6.81. The van der Waals surface area contributed by atoms with Gasteiger partial charge in [0.25, 0.3) is 0 Å². The first-order chi connectivity index (χ1) is 9.57. The molecule has 0 spiro atoms. The summed E-state index contributed by atoms with van der Waals surface area (Å²) in [6, 6.07) is -0.218. The van der Waals surface area contributed by atoms with Gasteiger partial charge < -0.3 is 15.3 Å². The molecule has 7 heteroatoms. The number of H-pyrrole nitrogens is 1. The highest BCUT2D eigenvalue weighted by molar-refractivity contribution is 5.78. The van der Waals surface area contributed by atoms with E-state index in [1.54, 1.807) is 17.3 Å². The van der Waals surface area contributed by atoms with Crippen LogP contribution in [0.1, 0.15) is 31.7 Å². The topological polar surface area (TPSA) is 98.3 Å². The predicted octanol–water partition coefficient (Wildman–Crippen LogP) is 1.20. The molecule has 3 N–H and O–H groups in total. The molecule has 0 aromatic carbocycles. The van der Waals surface area contributed by atoms with Gasteiger partial charge in [-0.25, -0.2) is 4.79 Å². The van der Waals surface area contributed by atoms with E-state index in [0.717, 1.165) is 12.0 Å². The number of carbonyl (C=O) groups excluding carboxylic acids is 1. The number of carbonyl (C=O) groups is 2. The van der Waals surface area contributed by atoms with E-state index in [0.29, 0.717) is 25.9 Å². The van der Waals surface area contributed by atoms with Crippen molar-refractivity contribution in [1.29, 1.82) is 0 Å². The molecule has 1 saturated heterocycles. The molecule has 2 heterocycles. The number of nitrogens with zero attached hydrogens (tertiary/aromatic N) is 2. The second kappa shape index (κ2) is 5.94. The van der Waals surface area contributed by atoms with Gasteiger partial charge in [0.15, 0.2) is 0 Å². The van der Waals surface area contributed by atoms with Crippen LogP contribution in [0, 0.1) is 5.41 Å². The Morgan fingerprint density at radius 1 is 1.60 bits per heavy atom. The van der Waals surface area contributed by atoms with Crippen LogP contribution in [0.3, 0.4) is 0 Å². The normalized spacial score (nSPS) is 22.6. The van der Waals surface area contributed by atoms with Crippen LogP contribution < -0.4 is 5.32 Å². The van der Waals surface area contributed by atoms with Gasteiger partial charge in [0.05, 0.1) is 11.6 Å². The molecule has 0 aliphatic carbocycles. The lowest BCUT2D eigenvalue weighted by molar-refractivity contribution is -0.152. The fourth-order valence-corrected chi connectivity index (χ4v) is 2.58. The zero-order valence-electron chi connectivity index (χ0n) is 11.6. The Balaban J connectivity index is 1.94. The zero-order chi connectivity index (χ0) is 14.6. The Labute approximate surface area is 117 Å². The van der Waals surface area contributed by atoms with Crippen molar-refractivity contribution < 1.29 is 14.7 Å². The molecule has 1 aliphatic rings. The summed E-state index contributed by atoms with van der Waals surface area (Å²) in [6.45, 7) is 3.13. The van der Waals surface area contributed by atoms with E-state index in [9.17, 15) is 14.7 Å². The third kappa shape index (κ3) is 2.92. The fourth-order valence-electron chi connectivity index (χ4n) is 2.58. The van der Waals surface area contributed by atoms with Crippen molar-refractivity contribution in [3.63, 3.8) is 0 Å². The Bertz CT molecular complexity index is 474. The summed E-state index contributed by atoms with van der Waals surface area (Å²) in [7, 11) is 0. The molecule has 1 unspecified atom stereocenters. The number of aromatic amines is 1. The van der Waals surface area contributed by atoms with Crippen molar-refractivity contribution in [3.8, 4) is 0 Å². The minimum Gasteiger partial charge on any atom is -0.481 e. The molecule has 1 aliphatic heterocycles. The first kappa shape index (κ1) is 14.4. The number of piperidine rings is 1. The van der Waals surface area contributed by atoms with Crippen molar-refractivity contribution in [1.82, 2.24) is 20.4 Å². The highest BCUT2D eigenvalue weighted by Crippen LogP contribution is 2.33. The number of amides is 2. The number of hydrogen-bond acceptors (Lipinski definition) is 3. The van der Waals surface area contributed by atoms with Gasteiger partial charge in [-0.05, 0) is 19.3 Å². The maximum absolute atomic E-state index is 12.1. The summed E-state index contributed by atoms with van der Waals surface area (Å²) in [5, 5.41) is 18.7. The highest BCUT2D eigenvalue weighted by atomic mass is 16.4. The minimum absolute atomic E-state index is 0.218. The first-order valence-corrected chi connectivity index (χ1v) is 6.81. The lowest BCUT2D eigenvalue weighted by Gasteiger charge is -2.39. The SMILES string of the molecule is CCC1(C(=O)O)CCCN(C(=O)NCc2cn[nH]c2)C1. The van der Waals surface area contributed by atoms with Gasteiger partial charge in [0.2, 0.25) is 0 Å². The number of urea groups is 1. The van der Waals surface area contributed by atoms with E-state index in [-0.39, 0.29) is 12.6 Å². The highest BCUT2D eigenvalue weighted by Gasteiger charge is 2.42. The standard InChI is InChI=1S/C13H20N4O3/c1-2-13(11(18)19)4-3-5-17(9-13)12(20)14-6-10-7-15-16-8-10/h7-8H,2-6,9H2,1H3,(H,14,20)(H,15,16)(H,18,19). The van der Waals surface area contributed by atoms with E-state index in [1.807, 2.05) is 6.92 Å². The fraction of sp³-hybridized carbons (Fsp3) is 0.615. The summed E-state index contributed by atoms with van der Waals surface area (Å²) in [5.74, 6) is -0.813. The van der Waals surface area contributed by atoms with Crippen molar-refractivity contribution in [2.24, 2.45) is 5.41 Å². The Morgan fingerprint density at radius 3 is 3.00 bits per heavy atom. The van der Waals surface area contributed by atoms with Crippen LogP contribution in [0.25, 0.3) is 0 Å². The Hall–Kier alpha value is -2.05. The van der Waals surface area contributed by atoms with Gasteiger partial charge >= 0.3 is 12.0 Å². The van der Waals surface area contributed by atoms with E-state index >= 15 is 0 Å². The molecule has 110 valence electrons. The second-order valence-electron chi connectivity index (χ2n) is 5.23. The van der Waals surface area contributed by atoms with Gasteiger partial charge in [-0.15, -0.1) is 0 Å². The quantitative estimate of drug-likeness (QED) is 0.771. The zero-order valence-corrected chi connectivity index (χ0v) is 11.6. The van der Waals surface area contributed by atoms with Crippen LogP contribution in [-0.4, -0.2) is 45.3 Å². The smallest absolute Gasteiger partial charge is 0.317 e. The molecule has 2 rings (SSSR count). The van der Waals surface area contributed by atoms with Crippen LogP contribution in [0.4, 0.5) is 4.79 Å². The average molecular weight is 280 g/mol. The van der Waals surface area contributed by atoms with Crippen LogP contribution in [0.5, 0.6) is 0 Å². The number of rotatable bonds is 4. The van der Waals surface area contributed by atoms with Crippen LogP contribution in [-0.2, 0) is 11.3 Å². The van der Waals surface area contributed by atoms with Crippen molar-refractivity contribution >= 4 is 12.0 Å². The van der Waals surface area contributed by atoms with Crippen LogP contribution >= 0.6 is 0 Å². The van der Waals surface area contributed by atoms with Gasteiger partial charge in [-0.3, -0.25) is 9.89 Å². The van der Waals surface area contributed by atoms with Gasteiger partial charge in [-0.2, -0.15) is 5.10 Å². The number of hydrogen-bond donors (Lipinski definition) is 3. The third-order valence-electron chi connectivity index (χ3n) is 3.99. The molecule has 1 aromatic heterocycles. The molecule has 1 aromatic rings. The molecule has 0 radical (unpaired) electrons. The molecule has 0 saturated carbocycles. The minimum atomic E-state index is -0.813. The molecular weight excluding hydrogens is 260 g/mol. The number of carboxylic acid groups (broad SMARTS) is 1. The second-order valence-corrected chi connectivity index (χ2v) is 5.23. The van der Waals surface area contributed by atoms with Crippen molar-refractivity contribution in [2.45, 2.75) is 32.7 Å². The van der Waals surface area contributed by atoms with Crippen molar-refractivity contribution in [2.75, 3.05) is 13.1 Å². The maximum Gasteiger partial charge on any atom is 0.317 e.